The molecule has 1 aliphatic rings. The second-order valence-corrected chi connectivity index (χ2v) is 7.98. The summed E-state index contributed by atoms with van der Waals surface area (Å²) in [5.41, 5.74) is 2.38. The van der Waals surface area contributed by atoms with Gasteiger partial charge < -0.3 is 14.0 Å². The van der Waals surface area contributed by atoms with E-state index in [2.05, 4.69) is 0 Å². The van der Waals surface area contributed by atoms with E-state index in [-0.39, 0.29) is 24.3 Å². The molecule has 1 aliphatic heterocycles. The molecule has 0 unspecified atom stereocenters. The monoisotopic (exact) mass is 366 g/mol. The minimum absolute atomic E-state index is 0.186. The molecule has 0 amide bonds. The molecule has 2 aromatic carbocycles. The third kappa shape index (κ3) is 4.79. The van der Waals surface area contributed by atoms with Crippen molar-refractivity contribution in [3.05, 3.63) is 65.7 Å². The van der Waals surface area contributed by atoms with Crippen molar-refractivity contribution in [2.24, 2.45) is 0 Å². The summed E-state index contributed by atoms with van der Waals surface area (Å²) in [6.45, 7) is 8.50. The molecule has 0 aromatic heterocycles. The highest BCUT2D eigenvalue weighted by molar-refractivity contribution is 6.62. The highest BCUT2D eigenvalue weighted by Gasteiger charge is 2.51. The Balaban J connectivity index is 1.49. The van der Waals surface area contributed by atoms with Crippen molar-refractivity contribution in [3.63, 3.8) is 0 Å². The molecule has 142 valence electrons. The van der Waals surface area contributed by atoms with Gasteiger partial charge in [-0.15, -0.1) is 0 Å². The van der Waals surface area contributed by atoms with Gasteiger partial charge in [0.15, 0.2) is 0 Å². The second kappa shape index (κ2) is 7.87. The summed E-state index contributed by atoms with van der Waals surface area (Å²) in [6.07, 6.45) is 1.01. The summed E-state index contributed by atoms with van der Waals surface area (Å²) in [5.74, 6) is -0.186. The molecule has 2 aromatic rings. The van der Waals surface area contributed by atoms with Crippen LogP contribution in [0.1, 0.15) is 45.2 Å². The number of hydrogen-bond donors (Lipinski definition) is 0. The lowest BCUT2D eigenvalue weighted by Crippen LogP contribution is -2.41. The predicted molar refractivity (Wildman–Crippen MR) is 107 cm³/mol. The summed E-state index contributed by atoms with van der Waals surface area (Å²) in [4.78, 5) is 11.9. The van der Waals surface area contributed by atoms with Gasteiger partial charge in [0.05, 0.1) is 11.2 Å². The zero-order valence-electron chi connectivity index (χ0n) is 16.5. The second-order valence-electron chi connectivity index (χ2n) is 7.98. The number of carbonyl (C=O) groups excluding carboxylic acids is 1. The Labute approximate surface area is 162 Å². The van der Waals surface area contributed by atoms with Gasteiger partial charge in [0.2, 0.25) is 0 Å². The Morgan fingerprint density at radius 3 is 2.07 bits per heavy atom. The standard InChI is InChI=1S/C22H27BO4/c1-21(2)22(3,4)27-23(26-21)19-13-10-17(11-14-19)12-15-20(24)25-16-18-8-6-5-7-9-18/h5-11,13-14H,12,15-16H2,1-4H3. The average Bonchev–Trinajstić information content (AvgIpc) is 2.87. The van der Waals surface area contributed by atoms with Crippen LogP contribution in [0.3, 0.4) is 0 Å². The number of carbonyl (C=O) groups is 1. The lowest BCUT2D eigenvalue weighted by atomic mass is 9.78. The van der Waals surface area contributed by atoms with Gasteiger partial charge in [0.1, 0.15) is 6.61 Å². The smallest absolute Gasteiger partial charge is 0.461 e. The van der Waals surface area contributed by atoms with Gasteiger partial charge in [-0.2, -0.15) is 0 Å². The number of ether oxygens (including phenoxy) is 1. The van der Waals surface area contributed by atoms with E-state index in [0.717, 1.165) is 16.6 Å². The fourth-order valence-electron chi connectivity index (χ4n) is 2.88. The van der Waals surface area contributed by atoms with Crippen molar-refractivity contribution >= 4 is 18.6 Å². The zero-order valence-corrected chi connectivity index (χ0v) is 16.5. The van der Waals surface area contributed by atoms with Crippen LogP contribution >= 0.6 is 0 Å². The minimum atomic E-state index is -0.361. The normalized spacial score (nSPS) is 17.7. The van der Waals surface area contributed by atoms with Crippen LogP contribution in [0, 0.1) is 0 Å². The van der Waals surface area contributed by atoms with Crippen LogP contribution < -0.4 is 5.46 Å². The molecule has 4 nitrogen and oxygen atoms in total. The predicted octanol–water partition coefficient (Wildman–Crippen LogP) is 3.66. The summed E-state index contributed by atoms with van der Waals surface area (Å²) in [5, 5.41) is 0. The first-order valence-corrected chi connectivity index (χ1v) is 9.41. The van der Waals surface area contributed by atoms with Crippen molar-refractivity contribution in [1.82, 2.24) is 0 Å². The van der Waals surface area contributed by atoms with E-state index in [4.69, 9.17) is 14.0 Å². The number of rotatable bonds is 6. The molecular formula is C22H27BO4. The van der Waals surface area contributed by atoms with Crippen LogP contribution in [0.2, 0.25) is 0 Å². The zero-order chi connectivity index (χ0) is 19.5. The van der Waals surface area contributed by atoms with Crippen LogP contribution in [0.25, 0.3) is 0 Å². The van der Waals surface area contributed by atoms with Crippen molar-refractivity contribution < 1.29 is 18.8 Å². The fourth-order valence-corrected chi connectivity index (χ4v) is 2.88. The molecule has 0 N–H and O–H groups in total. The van der Waals surface area contributed by atoms with Gasteiger partial charge in [0.25, 0.3) is 0 Å². The van der Waals surface area contributed by atoms with Crippen molar-refractivity contribution in [2.45, 2.75) is 58.3 Å². The van der Waals surface area contributed by atoms with Crippen LogP contribution in [-0.4, -0.2) is 24.3 Å². The Hall–Kier alpha value is -2.11. The van der Waals surface area contributed by atoms with Gasteiger partial charge >= 0.3 is 13.1 Å². The van der Waals surface area contributed by atoms with Crippen LogP contribution in [0.15, 0.2) is 54.6 Å². The van der Waals surface area contributed by atoms with E-state index < -0.39 is 0 Å². The van der Waals surface area contributed by atoms with E-state index in [9.17, 15) is 4.79 Å². The Morgan fingerprint density at radius 2 is 1.48 bits per heavy atom. The van der Waals surface area contributed by atoms with Gasteiger partial charge in [0, 0.05) is 6.42 Å². The van der Waals surface area contributed by atoms with Gasteiger partial charge in [-0.1, -0.05) is 54.6 Å². The Kier molecular flexibility index (Phi) is 5.73. The third-order valence-corrected chi connectivity index (χ3v) is 5.37. The Morgan fingerprint density at radius 1 is 0.889 bits per heavy atom. The fraction of sp³-hybridized carbons (Fsp3) is 0.409. The molecule has 0 aliphatic carbocycles. The minimum Gasteiger partial charge on any atom is -0.461 e. The molecule has 0 bridgehead atoms. The Bertz CT molecular complexity index is 753. The van der Waals surface area contributed by atoms with Crippen molar-refractivity contribution in [2.75, 3.05) is 0 Å². The number of esters is 1. The third-order valence-electron chi connectivity index (χ3n) is 5.37. The van der Waals surface area contributed by atoms with Gasteiger partial charge in [-0.25, -0.2) is 0 Å². The molecule has 0 radical (unpaired) electrons. The first kappa shape index (κ1) is 19.7. The molecule has 5 heteroatoms. The van der Waals surface area contributed by atoms with Gasteiger partial charge in [-0.3, -0.25) is 4.79 Å². The first-order valence-electron chi connectivity index (χ1n) is 9.41. The highest BCUT2D eigenvalue weighted by Crippen LogP contribution is 2.36. The lowest BCUT2D eigenvalue weighted by Gasteiger charge is -2.32. The highest BCUT2D eigenvalue weighted by atomic mass is 16.7. The first-order chi connectivity index (χ1) is 12.8. The molecule has 1 saturated heterocycles. The van der Waals surface area contributed by atoms with Crippen molar-refractivity contribution in [1.29, 1.82) is 0 Å². The lowest BCUT2D eigenvalue weighted by molar-refractivity contribution is -0.144. The van der Waals surface area contributed by atoms with E-state index >= 15 is 0 Å². The van der Waals surface area contributed by atoms with Crippen LogP contribution in [0.5, 0.6) is 0 Å². The molecule has 0 saturated carbocycles. The molecular weight excluding hydrogens is 339 g/mol. The topological polar surface area (TPSA) is 44.8 Å². The number of hydrogen-bond acceptors (Lipinski definition) is 4. The van der Waals surface area contributed by atoms with E-state index in [1.807, 2.05) is 82.3 Å². The molecule has 3 rings (SSSR count). The molecule has 1 heterocycles. The van der Waals surface area contributed by atoms with Crippen LogP contribution in [0.4, 0.5) is 0 Å². The summed E-state index contributed by atoms with van der Waals surface area (Å²) in [6, 6.07) is 17.8. The maximum absolute atomic E-state index is 11.9. The van der Waals surface area contributed by atoms with Crippen molar-refractivity contribution in [3.8, 4) is 0 Å². The molecule has 0 atom stereocenters. The molecule has 1 fully saturated rings. The largest absolute Gasteiger partial charge is 0.494 e. The van der Waals surface area contributed by atoms with E-state index in [0.29, 0.717) is 19.4 Å². The summed E-state index contributed by atoms with van der Waals surface area (Å²) >= 11 is 0. The average molecular weight is 366 g/mol. The summed E-state index contributed by atoms with van der Waals surface area (Å²) in [7, 11) is -0.361. The maximum Gasteiger partial charge on any atom is 0.494 e. The SMILES string of the molecule is CC1(C)OB(c2ccc(CCC(=O)OCc3ccccc3)cc2)OC1(C)C. The molecule has 0 spiro atoms. The van der Waals surface area contributed by atoms with Gasteiger partial charge in [-0.05, 0) is 50.7 Å². The number of aryl methyl sites for hydroxylation is 1. The number of benzene rings is 2. The quantitative estimate of drug-likeness (QED) is 0.578. The summed E-state index contributed by atoms with van der Waals surface area (Å²) < 4.78 is 17.5. The molecule has 27 heavy (non-hydrogen) atoms. The van der Waals surface area contributed by atoms with Crippen LogP contribution in [-0.2, 0) is 31.9 Å². The van der Waals surface area contributed by atoms with E-state index in [1.165, 1.54) is 0 Å². The maximum atomic E-state index is 11.9. The van der Waals surface area contributed by atoms with E-state index in [1.54, 1.807) is 0 Å².